The second-order valence-corrected chi connectivity index (χ2v) is 7.37. The van der Waals surface area contributed by atoms with Gasteiger partial charge in [-0.2, -0.15) is 0 Å². The Kier molecular flexibility index (Phi) is 6.23. The van der Waals surface area contributed by atoms with Crippen LogP contribution in [0.5, 0.6) is 0 Å². The van der Waals surface area contributed by atoms with Gasteiger partial charge >= 0.3 is 0 Å². The molecule has 2 aromatic rings. The van der Waals surface area contributed by atoms with E-state index >= 15 is 0 Å². The molecule has 0 atom stereocenters. The number of guanidine groups is 1. The Bertz CT molecular complexity index is 665. The highest BCUT2D eigenvalue weighted by molar-refractivity contribution is 9.10. The van der Waals surface area contributed by atoms with Gasteiger partial charge in [0.1, 0.15) is 5.01 Å². The summed E-state index contributed by atoms with van der Waals surface area (Å²) in [4.78, 5) is 9.97. The molecule has 0 aliphatic carbocycles. The lowest BCUT2D eigenvalue weighted by Gasteiger charge is -2.12. The second kappa shape index (κ2) is 7.94. The summed E-state index contributed by atoms with van der Waals surface area (Å²) in [6.07, 6.45) is 0. The van der Waals surface area contributed by atoms with Gasteiger partial charge < -0.3 is 10.6 Å². The molecule has 0 unspecified atom stereocenters. The quantitative estimate of drug-likeness (QED) is 0.600. The van der Waals surface area contributed by atoms with E-state index in [-0.39, 0.29) is 0 Å². The van der Waals surface area contributed by atoms with E-state index in [4.69, 9.17) is 11.6 Å². The van der Waals surface area contributed by atoms with Crippen LogP contribution in [-0.4, -0.2) is 18.0 Å². The van der Waals surface area contributed by atoms with Crippen LogP contribution in [0.15, 0.2) is 27.7 Å². The molecule has 1 heterocycles. The third kappa shape index (κ3) is 4.69. The van der Waals surface area contributed by atoms with Crippen molar-refractivity contribution in [3.8, 4) is 0 Å². The predicted octanol–water partition coefficient (Wildman–Crippen LogP) is 4.04. The molecule has 0 bridgehead atoms. The lowest BCUT2D eigenvalue weighted by atomic mass is 10.2. The van der Waals surface area contributed by atoms with Gasteiger partial charge in [-0.1, -0.05) is 33.6 Å². The summed E-state index contributed by atoms with van der Waals surface area (Å²) >= 11 is 11.3. The third-order valence-corrected chi connectivity index (χ3v) is 5.08. The lowest BCUT2D eigenvalue weighted by Crippen LogP contribution is -2.36. The number of thiazole rings is 1. The van der Waals surface area contributed by atoms with Crippen LogP contribution in [-0.2, 0) is 13.1 Å². The van der Waals surface area contributed by atoms with Crippen molar-refractivity contribution in [3.05, 3.63) is 48.8 Å². The van der Waals surface area contributed by atoms with E-state index in [1.807, 2.05) is 25.1 Å². The van der Waals surface area contributed by atoms with Crippen LogP contribution in [0, 0.1) is 13.8 Å². The van der Waals surface area contributed by atoms with Gasteiger partial charge in [0.15, 0.2) is 5.96 Å². The minimum absolute atomic E-state index is 0.613. The Balaban J connectivity index is 1.90. The van der Waals surface area contributed by atoms with Gasteiger partial charge in [-0.25, -0.2) is 4.98 Å². The van der Waals surface area contributed by atoms with Crippen LogP contribution in [0.3, 0.4) is 0 Å². The van der Waals surface area contributed by atoms with Gasteiger partial charge in [0, 0.05) is 28.0 Å². The van der Waals surface area contributed by atoms with E-state index in [1.165, 1.54) is 4.88 Å². The first-order chi connectivity index (χ1) is 10.5. The number of aromatic nitrogens is 1. The molecule has 4 nitrogen and oxygen atoms in total. The number of benzene rings is 1. The number of aryl methyl sites for hydroxylation is 2. The van der Waals surface area contributed by atoms with Gasteiger partial charge in [0.05, 0.1) is 12.2 Å². The maximum absolute atomic E-state index is 6.21. The van der Waals surface area contributed by atoms with Gasteiger partial charge in [-0.3, -0.25) is 4.99 Å². The van der Waals surface area contributed by atoms with E-state index < -0.39 is 0 Å². The monoisotopic (exact) mass is 400 g/mol. The minimum atomic E-state index is 0.613. The average Bonchev–Trinajstić information content (AvgIpc) is 2.79. The zero-order chi connectivity index (χ0) is 16.1. The maximum Gasteiger partial charge on any atom is 0.191 e. The maximum atomic E-state index is 6.21. The summed E-state index contributed by atoms with van der Waals surface area (Å²) in [7, 11) is 1.75. The highest BCUT2D eigenvalue weighted by Crippen LogP contribution is 2.21. The number of hydrogen-bond acceptors (Lipinski definition) is 3. The summed E-state index contributed by atoms with van der Waals surface area (Å²) < 4.78 is 0.971. The molecule has 1 aromatic carbocycles. The Hall–Kier alpha value is -1.11. The SMILES string of the molecule is CN=C(NCc1nc(C)c(C)s1)NCc1ccc(Br)cc1Cl. The van der Waals surface area contributed by atoms with Crippen molar-refractivity contribution < 1.29 is 0 Å². The normalized spacial score (nSPS) is 11.6. The molecule has 2 rings (SSSR count). The van der Waals surface area contributed by atoms with Crippen molar-refractivity contribution in [1.82, 2.24) is 15.6 Å². The average molecular weight is 402 g/mol. The summed E-state index contributed by atoms with van der Waals surface area (Å²) in [5.41, 5.74) is 2.11. The van der Waals surface area contributed by atoms with E-state index in [1.54, 1.807) is 18.4 Å². The predicted molar refractivity (Wildman–Crippen MR) is 97.8 cm³/mol. The number of nitrogens with zero attached hydrogens (tertiary/aromatic N) is 2. The summed E-state index contributed by atoms with van der Waals surface area (Å²) in [5.74, 6) is 0.726. The molecule has 0 fully saturated rings. The number of rotatable bonds is 4. The van der Waals surface area contributed by atoms with E-state index in [0.29, 0.717) is 13.1 Å². The zero-order valence-electron chi connectivity index (χ0n) is 12.7. The number of aliphatic imine (C=N–C) groups is 1. The molecule has 0 saturated heterocycles. The van der Waals surface area contributed by atoms with Gasteiger partial charge in [0.25, 0.3) is 0 Å². The molecule has 2 N–H and O–H groups in total. The van der Waals surface area contributed by atoms with Crippen molar-refractivity contribution in [2.24, 2.45) is 4.99 Å². The van der Waals surface area contributed by atoms with Crippen LogP contribution in [0.2, 0.25) is 5.02 Å². The summed E-state index contributed by atoms with van der Waals surface area (Å²) in [6, 6.07) is 5.84. The van der Waals surface area contributed by atoms with Gasteiger partial charge in [-0.15, -0.1) is 11.3 Å². The molecule has 0 aliphatic heterocycles. The molecule has 1 aromatic heterocycles. The summed E-state index contributed by atoms with van der Waals surface area (Å²) in [6.45, 7) is 5.38. The largest absolute Gasteiger partial charge is 0.352 e. The highest BCUT2D eigenvalue weighted by Gasteiger charge is 2.06. The number of hydrogen-bond donors (Lipinski definition) is 2. The molecule has 0 spiro atoms. The number of halogens is 2. The molecular weight excluding hydrogens is 384 g/mol. The van der Waals surface area contributed by atoms with E-state index in [0.717, 1.165) is 31.7 Å². The van der Waals surface area contributed by atoms with Crippen molar-refractivity contribution >= 4 is 44.8 Å². The first-order valence-corrected chi connectivity index (χ1v) is 8.79. The van der Waals surface area contributed by atoms with Crippen molar-refractivity contribution in [3.63, 3.8) is 0 Å². The fourth-order valence-corrected chi connectivity index (χ4v) is 3.45. The topological polar surface area (TPSA) is 49.3 Å². The molecule has 7 heteroatoms. The van der Waals surface area contributed by atoms with E-state index in [2.05, 4.69) is 43.5 Å². The molecule has 0 radical (unpaired) electrons. The second-order valence-electron chi connectivity index (χ2n) is 4.76. The van der Waals surface area contributed by atoms with Crippen molar-refractivity contribution in [2.45, 2.75) is 26.9 Å². The van der Waals surface area contributed by atoms with Crippen LogP contribution in [0.4, 0.5) is 0 Å². The standard InChI is InChI=1S/C15H18BrClN4S/c1-9-10(2)22-14(21-9)8-20-15(18-3)19-7-11-4-5-12(16)6-13(11)17/h4-6H,7-8H2,1-3H3,(H2,18,19,20). The van der Waals surface area contributed by atoms with Crippen LogP contribution in [0.1, 0.15) is 21.1 Å². The first kappa shape index (κ1) is 17.2. The van der Waals surface area contributed by atoms with Gasteiger partial charge in [-0.05, 0) is 31.5 Å². The van der Waals surface area contributed by atoms with Crippen LogP contribution in [0.25, 0.3) is 0 Å². The Morgan fingerprint density at radius 1 is 1.32 bits per heavy atom. The molecule has 0 saturated carbocycles. The van der Waals surface area contributed by atoms with Crippen LogP contribution < -0.4 is 10.6 Å². The third-order valence-electron chi connectivity index (χ3n) is 3.16. The Labute approximate surface area is 148 Å². The lowest BCUT2D eigenvalue weighted by molar-refractivity contribution is 0.803. The molecule has 0 amide bonds. The number of nitrogens with one attached hydrogen (secondary N) is 2. The minimum Gasteiger partial charge on any atom is -0.352 e. The van der Waals surface area contributed by atoms with Crippen molar-refractivity contribution in [1.29, 1.82) is 0 Å². The molecule has 22 heavy (non-hydrogen) atoms. The molecule has 0 aliphatic rings. The molecule has 118 valence electrons. The fourth-order valence-electron chi connectivity index (χ4n) is 1.84. The van der Waals surface area contributed by atoms with Gasteiger partial charge in [0.2, 0.25) is 0 Å². The summed E-state index contributed by atoms with van der Waals surface area (Å²) in [5, 5.41) is 8.30. The van der Waals surface area contributed by atoms with E-state index in [9.17, 15) is 0 Å². The highest BCUT2D eigenvalue weighted by atomic mass is 79.9. The first-order valence-electron chi connectivity index (χ1n) is 6.81. The Morgan fingerprint density at radius 2 is 2.05 bits per heavy atom. The van der Waals surface area contributed by atoms with Crippen LogP contribution >= 0.6 is 38.9 Å². The zero-order valence-corrected chi connectivity index (χ0v) is 15.9. The van der Waals surface area contributed by atoms with Crippen molar-refractivity contribution in [2.75, 3.05) is 7.05 Å². The fraction of sp³-hybridized carbons (Fsp3) is 0.333. The Morgan fingerprint density at radius 3 is 2.64 bits per heavy atom. The molecular formula is C15H18BrClN4S. The smallest absolute Gasteiger partial charge is 0.191 e.